The number of rotatable bonds is 5. The van der Waals surface area contributed by atoms with Crippen LogP contribution >= 0.6 is 23.1 Å². The van der Waals surface area contributed by atoms with Crippen molar-refractivity contribution in [1.82, 2.24) is 9.88 Å². The molecule has 7 heteroatoms. The summed E-state index contributed by atoms with van der Waals surface area (Å²) in [6.07, 6.45) is 5.72. The van der Waals surface area contributed by atoms with E-state index in [1.54, 1.807) is 23.1 Å². The maximum absolute atomic E-state index is 13.5. The summed E-state index contributed by atoms with van der Waals surface area (Å²) >= 11 is 3.34. The van der Waals surface area contributed by atoms with Crippen molar-refractivity contribution in [2.24, 2.45) is 4.99 Å². The molecule has 0 unspecified atom stereocenters. The van der Waals surface area contributed by atoms with E-state index in [-0.39, 0.29) is 11.9 Å². The minimum Gasteiger partial charge on any atom is -0.487 e. The maximum atomic E-state index is 13.5. The zero-order valence-corrected chi connectivity index (χ0v) is 18.6. The number of nitrogens with zero attached hydrogens (tertiary/aromatic N) is 3. The van der Waals surface area contributed by atoms with E-state index in [9.17, 15) is 4.79 Å². The molecule has 2 aromatic rings. The van der Waals surface area contributed by atoms with E-state index in [4.69, 9.17) is 4.74 Å². The minimum atomic E-state index is 0.0344. The van der Waals surface area contributed by atoms with Gasteiger partial charge >= 0.3 is 0 Å². The fraction of sp³-hybridized carbons (Fsp3) is 0.500. The maximum Gasteiger partial charge on any atom is 0.260 e. The molecule has 0 spiro atoms. The third kappa shape index (κ3) is 5.01. The predicted molar refractivity (Wildman–Crippen MR) is 120 cm³/mol. The minimum absolute atomic E-state index is 0.0344. The van der Waals surface area contributed by atoms with Crippen LogP contribution in [0.2, 0.25) is 0 Å². The van der Waals surface area contributed by atoms with Crippen LogP contribution in [0.15, 0.2) is 34.6 Å². The van der Waals surface area contributed by atoms with Crippen molar-refractivity contribution in [1.29, 1.82) is 0 Å². The van der Waals surface area contributed by atoms with Gasteiger partial charge in [0.15, 0.2) is 5.17 Å². The third-order valence-electron chi connectivity index (χ3n) is 5.29. The van der Waals surface area contributed by atoms with Gasteiger partial charge in [-0.3, -0.25) is 14.7 Å². The summed E-state index contributed by atoms with van der Waals surface area (Å²) in [5.41, 5.74) is 1.57. The van der Waals surface area contributed by atoms with Crippen LogP contribution in [-0.2, 0) is 6.61 Å². The second kappa shape index (κ2) is 9.30. The summed E-state index contributed by atoms with van der Waals surface area (Å²) in [6, 6.07) is 7.75. The lowest BCUT2D eigenvalue weighted by Crippen LogP contribution is -2.44. The topological polar surface area (TPSA) is 54.8 Å². The van der Waals surface area contributed by atoms with Crippen molar-refractivity contribution in [3.8, 4) is 5.75 Å². The number of hydrogen-bond acceptors (Lipinski definition) is 6. The summed E-state index contributed by atoms with van der Waals surface area (Å²) in [7, 11) is 0. The molecule has 2 aliphatic rings. The van der Waals surface area contributed by atoms with E-state index in [2.05, 4.69) is 16.9 Å². The molecule has 1 aliphatic carbocycles. The van der Waals surface area contributed by atoms with Gasteiger partial charge in [0.25, 0.3) is 5.91 Å². The van der Waals surface area contributed by atoms with Gasteiger partial charge < -0.3 is 4.74 Å². The van der Waals surface area contributed by atoms with Gasteiger partial charge in [0.1, 0.15) is 12.4 Å². The number of aliphatic imine (C=N–C) groups is 1. The van der Waals surface area contributed by atoms with Gasteiger partial charge in [0.05, 0.1) is 17.2 Å². The Bertz CT molecular complexity index is 890. The molecule has 4 rings (SSSR count). The molecule has 1 saturated carbocycles. The number of aryl methyl sites for hydroxylation is 1. The van der Waals surface area contributed by atoms with Crippen molar-refractivity contribution in [3.05, 3.63) is 45.9 Å². The molecule has 1 aliphatic heterocycles. The van der Waals surface area contributed by atoms with E-state index in [1.807, 2.05) is 41.5 Å². The van der Waals surface area contributed by atoms with Crippen LogP contribution in [0.3, 0.4) is 0 Å². The van der Waals surface area contributed by atoms with Gasteiger partial charge in [-0.05, 0) is 38.0 Å². The van der Waals surface area contributed by atoms with Crippen molar-refractivity contribution >= 4 is 34.2 Å². The molecule has 1 fully saturated rings. The number of thioether (sulfide) groups is 1. The lowest BCUT2D eigenvalue weighted by Gasteiger charge is -2.34. The Morgan fingerprint density at radius 1 is 1.28 bits per heavy atom. The Labute approximate surface area is 180 Å². The van der Waals surface area contributed by atoms with Crippen LogP contribution in [-0.4, -0.2) is 38.8 Å². The van der Waals surface area contributed by atoms with E-state index in [1.165, 1.54) is 19.3 Å². The van der Waals surface area contributed by atoms with Crippen LogP contribution in [0.5, 0.6) is 5.75 Å². The summed E-state index contributed by atoms with van der Waals surface area (Å²) in [5, 5.41) is 4.35. The van der Waals surface area contributed by atoms with Crippen molar-refractivity contribution in [3.63, 3.8) is 0 Å². The normalized spacial score (nSPS) is 19.8. The first-order valence-corrected chi connectivity index (χ1v) is 12.0. The molecule has 0 saturated heterocycles. The van der Waals surface area contributed by atoms with Crippen molar-refractivity contribution in [2.45, 2.75) is 63.9 Å². The number of hydrogen-bond donors (Lipinski definition) is 0. The Hall–Kier alpha value is -1.86. The summed E-state index contributed by atoms with van der Waals surface area (Å²) in [4.78, 5) is 24.6. The smallest absolute Gasteiger partial charge is 0.260 e. The van der Waals surface area contributed by atoms with Crippen molar-refractivity contribution in [2.75, 3.05) is 6.54 Å². The third-order valence-corrected chi connectivity index (χ3v) is 7.20. The monoisotopic (exact) mass is 429 g/mol. The molecule has 29 heavy (non-hydrogen) atoms. The molecule has 0 radical (unpaired) electrons. The molecule has 2 heterocycles. The van der Waals surface area contributed by atoms with Crippen LogP contribution < -0.4 is 4.74 Å². The second-order valence-electron chi connectivity index (χ2n) is 7.69. The zero-order chi connectivity index (χ0) is 20.2. The van der Waals surface area contributed by atoms with E-state index >= 15 is 0 Å². The number of amides is 1. The number of amidine groups is 1. The highest BCUT2D eigenvalue weighted by Gasteiger charge is 2.33. The summed E-state index contributed by atoms with van der Waals surface area (Å²) < 4.78 is 5.90. The van der Waals surface area contributed by atoms with Crippen LogP contribution in [0.25, 0.3) is 0 Å². The van der Waals surface area contributed by atoms with E-state index in [0.29, 0.717) is 23.2 Å². The molecule has 0 N–H and O–H groups in total. The highest BCUT2D eigenvalue weighted by Crippen LogP contribution is 2.31. The Kier molecular flexibility index (Phi) is 6.55. The van der Waals surface area contributed by atoms with Gasteiger partial charge in [-0.25, -0.2) is 4.98 Å². The predicted octanol–water partition coefficient (Wildman–Crippen LogP) is 5.30. The largest absolute Gasteiger partial charge is 0.487 e. The number of carbonyl (C=O) groups is 1. The highest BCUT2D eigenvalue weighted by atomic mass is 32.2. The molecule has 1 amide bonds. The van der Waals surface area contributed by atoms with Crippen LogP contribution in [0.4, 0.5) is 0 Å². The lowest BCUT2D eigenvalue weighted by molar-refractivity contribution is 0.0780. The fourth-order valence-corrected chi connectivity index (χ4v) is 5.43. The molecule has 1 aromatic carbocycles. The van der Waals surface area contributed by atoms with Gasteiger partial charge in [0.2, 0.25) is 0 Å². The van der Waals surface area contributed by atoms with Gasteiger partial charge in [-0.1, -0.05) is 44.0 Å². The SMILES string of the molecule is Cc1nc(COc2cccc(C(=O)N(C3=NC[C@H](C)S3)C3CCCCC3)c2)cs1. The summed E-state index contributed by atoms with van der Waals surface area (Å²) in [6.45, 7) is 5.35. The number of ether oxygens (including phenoxy) is 1. The highest BCUT2D eigenvalue weighted by molar-refractivity contribution is 8.14. The fourth-order valence-electron chi connectivity index (χ4n) is 3.83. The molecule has 154 valence electrons. The zero-order valence-electron chi connectivity index (χ0n) is 17.0. The molecule has 1 atom stereocenters. The Balaban J connectivity index is 1.52. The quantitative estimate of drug-likeness (QED) is 0.647. The van der Waals surface area contributed by atoms with E-state index < -0.39 is 0 Å². The molecular formula is C22H27N3O2S2. The first-order valence-electron chi connectivity index (χ1n) is 10.3. The second-order valence-corrected chi connectivity index (χ2v) is 10.2. The van der Waals surface area contributed by atoms with Crippen LogP contribution in [0.1, 0.15) is 60.1 Å². The Morgan fingerprint density at radius 3 is 2.79 bits per heavy atom. The lowest BCUT2D eigenvalue weighted by atomic mass is 9.94. The molecule has 0 bridgehead atoms. The standard InChI is InChI=1S/C22H27N3O2S2/c1-15-12-23-22(29-15)25(19-8-4-3-5-9-19)21(26)17-7-6-10-20(11-17)27-13-18-14-28-16(2)24-18/h6-7,10-11,14-15,19H,3-5,8-9,12-13H2,1-2H3/t15-/m0/s1. The first kappa shape index (κ1) is 20.4. The number of aromatic nitrogens is 1. The number of benzene rings is 1. The molecule has 5 nitrogen and oxygen atoms in total. The number of carbonyl (C=O) groups excluding carboxylic acids is 1. The average molecular weight is 430 g/mol. The number of thiazole rings is 1. The van der Waals surface area contributed by atoms with E-state index in [0.717, 1.165) is 35.3 Å². The molecule has 1 aromatic heterocycles. The van der Waals surface area contributed by atoms with Gasteiger partial charge in [0, 0.05) is 22.2 Å². The molecular weight excluding hydrogens is 402 g/mol. The average Bonchev–Trinajstić information content (AvgIpc) is 3.35. The van der Waals surface area contributed by atoms with Crippen molar-refractivity contribution < 1.29 is 9.53 Å². The Morgan fingerprint density at radius 2 is 2.10 bits per heavy atom. The van der Waals surface area contributed by atoms with Gasteiger partial charge in [-0.15, -0.1) is 11.3 Å². The van der Waals surface area contributed by atoms with Crippen LogP contribution in [0, 0.1) is 6.92 Å². The summed E-state index contributed by atoms with van der Waals surface area (Å²) in [5.74, 6) is 0.728. The van der Waals surface area contributed by atoms with Gasteiger partial charge in [-0.2, -0.15) is 0 Å². The first-order chi connectivity index (χ1) is 14.1.